The van der Waals surface area contributed by atoms with Crippen molar-refractivity contribution in [2.45, 2.75) is 39.2 Å². The lowest BCUT2D eigenvalue weighted by molar-refractivity contribution is 0.0932. The zero-order chi connectivity index (χ0) is 16.7. The Kier molecular flexibility index (Phi) is 3.56. The molecule has 1 aliphatic rings. The monoisotopic (exact) mass is 321 g/mol. The van der Waals surface area contributed by atoms with E-state index in [9.17, 15) is 4.79 Å². The van der Waals surface area contributed by atoms with Crippen molar-refractivity contribution in [3.63, 3.8) is 0 Å². The molecule has 24 heavy (non-hydrogen) atoms. The number of aromatic nitrogens is 2. The van der Waals surface area contributed by atoms with Gasteiger partial charge in [-0.15, -0.1) is 0 Å². The number of nitrogens with zero attached hydrogens (tertiary/aromatic N) is 2. The van der Waals surface area contributed by atoms with Gasteiger partial charge in [0.15, 0.2) is 0 Å². The highest BCUT2D eigenvalue weighted by molar-refractivity contribution is 5.97. The van der Waals surface area contributed by atoms with Gasteiger partial charge in [-0.3, -0.25) is 4.79 Å². The first kappa shape index (κ1) is 14.9. The quantitative estimate of drug-likeness (QED) is 0.782. The second kappa shape index (κ2) is 5.74. The van der Waals surface area contributed by atoms with Gasteiger partial charge < -0.3 is 9.73 Å². The Hall–Kier alpha value is -2.69. The van der Waals surface area contributed by atoms with E-state index in [4.69, 9.17) is 4.42 Å². The molecular formula is C19H19N3O2. The third kappa shape index (κ3) is 2.56. The lowest BCUT2D eigenvalue weighted by Gasteiger charge is -2.22. The zero-order valence-electron chi connectivity index (χ0n) is 13.8. The van der Waals surface area contributed by atoms with Gasteiger partial charge in [-0.1, -0.05) is 0 Å². The summed E-state index contributed by atoms with van der Waals surface area (Å²) in [6.07, 6.45) is 4.60. The molecule has 2 heterocycles. The Morgan fingerprint density at radius 3 is 2.79 bits per heavy atom. The summed E-state index contributed by atoms with van der Waals surface area (Å²) >= 11 is 0. The number of furan rings is 1. The maximum absolute atomic E-state index is 12.7. The zero-order valence-corrected chi connectivity index (χ0v) is 13.8. The molecule has 0 saturated heterocycles. The molecule has 0 bridgehead atoms. The number of fused-ring (bicyclic) bond motifs is 2. The van der Waals surface area contributed by atoms with Gasteiger partial charge in [-0.25, -0.2) is 9.97 Å². The minimum Gasteiger partial charge on any atom is -0.469 e. The van der Waals surface area contributed by atoms with Crippen molar-refractivity contribution in [1.82, 2.24) is 15.3 Å². The number of hydrogen-bond donors (Lipinski definition) is 1. The number of hydrogen-bond acceptors (Lipinski definition) is 4. The molecule has 0 fully saturated rings. The van der Waals surface area contributed by atoms with Crippen molar-refractivity contribution in [2.75, 3.05) is 0 Å². The van der Waals surface area contributed by atoms with Gasteiger partial charge in [-0.2, -0.15) is 0 Å². The Morgan fingerprint density at radius 1 is 1.17 bits per heavy atom. The summed E-state index contributed by atoms with van der Waals surface area (Å²) in [7, 11) is 0. The lowest BCUT2D eigenvalue weighted by Crippen LogP contribution is -2.30. The number of carbonyl (C=O) groups excluding carboxylic acids is 1. The van der Waals surface area contributed by atoms with Gasteiger partial charge in [-0.05, 0) is 51.0 Å². The minimum absolute atomic E-state index is 0.0153. The Bertz CT molecular complexity index is 930. The van der Waals surface area contributed by atoms with Crippen LogP contribution in [0.3, 0.4) is 0 Å². The Labute approximate surface area is 140 Å². The summed E-state index contributed by atoms with van der Waals surface area (Å²) in [6, 6.07) is 7.44. The molecule has 5 heteroatoms. The van der Waals surface area contributed by atoms with Crippen molar-refractivity contribution in [3.05, 3.63) is 58.8 Å². The van der Waals surface area contributed by atoms with Gasteiger partial charge in [0.25, 0.3) is 5.91 Å². The van der Waals surface area contributed by atoms with Crippen LogP contribution in [0, 0.1) is 13.8 Å². The molecule has 1 atom stereocenters. The molecule has 1 N–H and O–H groups in total. The van der Waals surface area contributed by atoms with Crippen molar-refractivity contribution in [1.29, 1.82) is 0 Å². The third-order valence-corrected chi connectivity index (χ3v) is 4.69. The maximum atomic E-state index is 12.7. The van der Waals surface area contributed by atoms with Crippen molar-refractivity contribution < 1.29 is 9.21 Å². The van der Waals surface area contributed by atoms with Crippen LogP contribution in [0.1, 0.15) is 52.0 Å². The standard InChI is InChI=1S/C19H19N3O2/c1-11-12(2)21-17-10-13(6-7-16(17)20-11)19(23)22-15-4-3-5-18-14(15)8-9-24-18/h6-10,15H,3-5H2,1-2H3,(H,22,23). The van der Waals surface area contributed by atoms with Gasteiger partial charge in [0, 0.05) is 17.5 Å². The second-order valence-corrected chi connectivity index (χ2v) is 6.32. The maximum Gasteiger partial charge on any atom is 0.251 e. The average molecular weight is 321 g/mol. The van der Waals surface area contributed by atoms with E-state index in [2.05, 4.69) is 15.3 Å². The fraction of sp³-hybridized carbons (Fsp3) is 0.316. The second-order valence-electron chi connectivity index (χ2n) is 6.32. The number of amides is 1. The van der Waals surface area contributed by atoms with Crippen LogP contribution in [-0.4, -0.2) is 15.9 Å². The molecule has 5 nitrogen and oxygen atoms in total. The largest absolute Gasteiger partial charge is 0.469 e. The first-order valence-corrected chi connectivity index (χ1v) is 8.24. The van der Waals surface area contributed by atoms with Gasteiger partial charge in [0.2, 0.25) is 0 Å². The highest BCUT2D eigenvalue weighted by Crippen LogP contribution is 2.30. The summed E-state index contributed by atoms with van der Waals surface area (Å²) in [5.41, 5.74) is 5.06. The topological polar surface area (TPSA) is 68.0 Å². The van der Waals surface area contributed by atoms with E-state index in [0.717, 1.165) is 53.0 Å². The first-order valence-electron chi connectivity index (χ1n) is 8.24. The molecule has 1 aromatic carbocycles. The normalized spacial score (nSPS) is 16.8. The average Bonchev–Trinajstić information content (AvgIpc) is 3.05. The minimum atomic E-state index is -0.0871. The molecule has 0 aliphatic heterocycles. The van der Waals surface area contributed by atoms with Gasteiger partial charge >= 0.3 is 0 Å². The van der Waals surface area contributed by atoms with Crippen LogP contribution in [0.4, 0.5) is 0 Å². The number of nitrogens with one attached hydrogen (secondary N) is 1. The Balaban J connectivity index is 1.61. The molecule has 0 saturated carbocycles. The van der Waals surface area contributed by atoms with Crippen LogP contribution in [0.25, 0.3) is 11.0 Å². The van der Waals surface area contributed by atoms with E-state index in [1.54, 1.807) is 12.3 Å². The summed E-state index contributed by atoms with van der Waals surface area (Å²) < 4.78 is 5.49. The van der Waals surface area contributed by atoms with Crippen LogP contribution in [0.5, 0.6) is 0 Å². The molecule has 1 amide bonds. The third-order valence-electron chi connectivity index (χ3n) is 4.69. The molecule has 0 radical (unpaired) electrons. The predicted octanol–water partition coefficient (Wildman–Crippen LogP) is 3.65. The van der Waals surface area contributed by atoms with E-state index >= 15 is 0 Å². The summed E-state index contributed by atoms with van der Waals surface area (Å²) in [6.45, 7) is 3.87. The van der Waals surface area contributed by atoms with Crippen LogP contribution < -0.4 is 5.32 Å². The van der Waals surface area contributed by atoms with E-state index < -0.39 is 0 Å². The SMILES string of the molecule is Cc1nc2ccc(C(=O)NC3CCCc4occc43)cc2nc1C. The number of rotatable bonds is 2. The fourth-order valence-corrected chi connectivity index (χ4v) is 3.25. The highest BCUT2D eigenvalue weighted by atomic mass is 16.3. The Morgan fingerprint density at radius 2 is 1.96 bits per heavy atom. The number of carbonyl (C=O) groups is 1. The van der Waals surface area contributed by atoms with E-state index in [0.29, 0.717) is 5.56 Å². The fourth-order valence-electron chi connectivity index (χ4n) is 3.25. The number of aryl methyl sites for hydroxylation is 3. The summed E-state index contributed by atoms with van der Waals surface area (Å²) in [4.78, 5) is 21.7. The van der Waals surface area contributed by atoms with E-state index in [-0.39, 0.29) is 11.9 Å². The molecule has 2 aromatic heterocycles. The first-order chi connectivity index (χ1) is 11.6. The predicted molar refractivity (Wildman–Crippen MR) is 90.9 cm³/mol. The van der Waals surface area contributed by atoms with E-state index in [1.807, 2.05) is 32.0 Å². The van der Waals surface area contributed by atoms with Crippen LogP contribution in [0.15, 0.2) is 34.9 Å². The smallest absolute Gasteiger partial charge is 0.251 e. The molecular weight excluding hydrogens is 302 g/mol. The molecule has 1 aliphatic carbocycles. The molecule has 122 valence electrons. The van der Waals surface area contributed by atoms with Gasteiger partial charge in [0.1, 0.15) is 5.76 Å². The van der Waals surface area contributed by atoms with Crippen molar-refractivity contribution in [3.8, 4) is 0 Å². The van der Waals surface area contributed by atoms with Crippen LogP contribution in [-0.2, 0) is 6.42 Å². The van der Waals surface area contributed by atoms with Crippen molar-refractivity contribution in [2.24, 2.45) is 0 Å². The van der Waals surface area contributed by atoms with Gasteiger partial charge in [0.05, 0.1) is 34.7 Å². The van der Waals surface area contributed by atoms with Crippen LogP contribution in [0.2, 0.25) is 0 Å². The molecule has 0 spiro atoms. The molecule has 3 aromatic rings. The van der Waals surface area contributed by atoms with Crippen molar-refractivity contribution >= 4 is 16.9 Å². The highest BCUT2D eigenvalue weighted by Gasteiger charge is 2.24. The number of benzene rings is 1. The van der Waals surface area contributed by atoms with Crippen LogP contribution >= 0.6 is 0 Å². The molecule has 1 unspecified atom stereocenters. The molecule has 4 rings (SSSR count). The lowest BCUT2D eigenvalue weighted by atomic mass is 9.93. The van der Waals surface area contributed by atoms with E-state index in [1.165, 1.54) is 0 Å². The summed E-state index contributed by atoms with van der Waals surface area (Å²) in [5.74, 6) is 0.901. The summed E-state index contributed by atoms with van der Waals surface area (Å²) in [5, 5.41) is 3.12.